The van der Waals surface area contributed by atoms with Gasteiger partial charge in [-0.25, -0.2) is 18.6 Å². The summed E-state index contributed by atoms with van der Waals surface area (Å²) in [6.07, 6.45) is 2.48. The Hall–Kier alpha value is -2.52. The summed E-state index contributed by atoms with van der Waals surface area (Å²) in [7, 11) is 0. The number of thioether (sulfide) groups is 1. The molecule has 6 nitrogen and oxygen atoms in total. The zero-order valence-corrected chi connectivity index (χ0v) is 15.8. The van der Waals surface area contributed by atoms with Crippen LogP contribution in [0.4, 0.5) is 8.78 Å². The molecule has 146 valence electrons. The molecule has 0 amide bonds. The zero-order chi connectivity index (χ0) is 19.7. The smallest absolute Gasteiger partial charge is 0.350 e. The van der Waals surface area contributed by atoms with E-state index in [-0.39, 0.29) is 22.8 Å². The largest absolute Gasteiger partial charge is 0.372 e. The van der Waals surface area contributed by atoms with Crippen molar-refractivity contribution >= 4 is 17.4 Å². The molecule has 1 aliphatic rings. The highest BCUT2D eigenvalue weighted by Gasteiger charge is 2.27. The second kappa shape index (κ2) is 7.84. The lowest BCUT2D eigenvalue weighted by Crippen LogP contribution is -2.20. The van der Waals surface area contributed by atoms with Crippen LogP contribution in [0.15, 0.2) is 46.6 Å². The second-order valence-electron chi connectivity index (χ2n) is 6.51. The second-order valence-corrected chi connectivity index (χ2v) is 7.47. The maximum Gasteiger partial charge on any atom is 0.350 e. The monoisotopic (exact) mass is 404 g/mol. The van der Waals surface area contributed by atoms with Crippen molar-refractivity contribution in [2.24, 2.45) is 0 Å². The summed E-state index contributed by atoms with van der Waals surface area (Å²) in [6, 6.07) is 5.94. The molecular weight excluding hydrogens is 386 g/mol. The maximum absolute atomic E-state index is 13.4. The number of nitrogens with one attached hydrogen (secondary N) is 1. The van der Waals surface area contributed by atoms with Gasteiger partial charge in [0, 0.05) is 6.61 Å². The van der Waals surface area contributed by atoms with Crippen LogP contribution in [0.5, 0.6) is 0 Å². The molecule has 0 aliphatic carbocycles. The van der Waals surface area contributed by atoms with Gasteiger partial charge in [0.25, 0.3) is 0 Å². The number of rotatable bonds is 5. The maximum atomic E-state index is 13.4. The van der Waals surface area contributed by atoms with Gasteiger partial charge in [-0.1, -0.05) is 30.5 Å². The predicted octanol–water partition coefficient (Wildman–Crippen LogP) is 4.04. The summed E-state index contributed by atoms with van der Waals surface area (Å²) in [6.45, 7) is 3.83. The van der Waals surface area contributed by atoms with Gasteiger partial charge in [0.1, 0.15) is 23.4 Å². The molecule has 1 saturated heterocycles. The van der Waals surface area contributed by atoms with E-state index in [1.807, 2.05) is 0 Å². The van der Waals surface area contributed by atoms with E-state index in [4.69, 9.17) is 4.74 Å². The van der Waals surface area contributed by atoms with Crippen molar-refractivity contribution in [2.75, 3.05) is 12.4 Å². The molecule has 1 atom stereocenters. The van der Waals surface area contributed by atoms with Crippen LogP contribution in [0.25, 0.3) is 16.8 Å². The fraction of sp³-hybridized carbons (Fsp3) is 0.316. The summed E-state index contributed by atoms with van der Waals surface area (Å²) in [4.78, 5) is 19.6. The topological polar surface area (TPSA) is 72.3 Å². The van der Waals surface area contributed by atoms with Crippen LogP contribution in [0.1, 0.15) is 31.1 Å². The molecule has 0 saturated carbocycles. The quantitative estimate of drug-likeness (QED) is 0.650. The molecule has 0 bridgehead atoms. The predicted molar refractivity (Wildman–Crippen MR) is 103 cm³/mol. The van der Waals surface area contributed by atoms with E-state index in [0.717, 1.165) is 31.0 Å². The third kappa shape index (κ3) is 3.72. The molecule has 3 heterocycles. The van der Waals surface area contributed by atoms with Crippen LogP contribution in [0.3, 0.4) is 0 Å². The van der Waals surface area contributed by atoms with E-state index in [1.165, 1.54) is 16.6 Å². The fourth-order valence-electron chi connectivity index (χ4n) is 3.23. The van der Waals surface area contributed by atoms with Crippen LogP contribution in [-0.2, 0) is 4.74 Å². The lowest BCUT2D eigenvalue weighted by molar-refractivity contribution is 0.0125. The number of H-pyrrole nitrogens is 1. The van der Waals surface area contributed by atoms with Gasteiger partial charge in [-0.05, 0) is 37.0 Å². The molecule has 1 aromatic carbocycles. The molecule has 1 N–H and O–H groups in total. The summed E-state index contributed by atoms with van der Waals surface area (Å²) in [5.74, 6) is -0.896. The summed E-state index contributed by atoms with van der Waals surface area (Å²) in [5, 5.41) is 4.72. The van der Waals surface area contributed by atoms with Crippen LogP contribution in [0.2, 0.25) is 0 Å². The molecule has 3 aromatic rings. The molecule has 28 heavy (non-hydrogen) atoms. The normalized spacial score (nSPS) is 17.1. The number of hydrogen-bond donors (Lipinski definition) is 1. The third-order valence-electron chi connectivity index (χ3n) is 4.48. The van der Waals surface area contributed by atoms with Crippen LogP contribution in [-0.4, -0.2) is 31.9 Å². The van der Waals surface area contributed by atoms with Crippen molar-refractivity contribution in [1.29, 1.82) is 0 Å². The van der Waals surface area contributed by atoms with Gasteiger partial charge in [0.2, 0.25) is 0 Å². The lowest BCUT2D eigenvalue weighted by atomic mass is 9.99. The first-order chi connectivity index (χ1) is 13.5. The zero-order valence-electron chi connectivity index (χ0n) is 15.0. The number of ether oxygens (including phenoxy) is 1. The molecule has 1 fully saturated rings. The minimum absolute atomic E-state index is 0.0161. The van der Waals surface area contributed by atoms with E-state index >= 15 is 0 Å². The van der Waals surface area contributed by atoms with E-state index in [1.54, 1.807) is 12.1 Å². The van der Waals surface area contributed by atoms with E-state index in [0.29, 0.717) is 29.1 Å². The molecule has 9 heteroatoms. The van der Waals surface area contributed by atoms with Gasteiger partial charge < -0.3 is 4.74 Å². The minimum atomic E-state index is -0.518. The minimum Gasteiger partial charge on any atom is -0.372 e. The standard InChI is InChI=1S/C19H18F2N4O2S/c1-11(20)10-28-18-22-17-15(12-5-7-13(21)8-6-12)16(14-4-2-3-9-27-14)24-25(17)19(26)23-18/h5-8,14H,1-4,9-10H2,(H,22,23,26). The highest BCUT2D eigenvalue weighted by atomic mass is 32.2. The molecule has 2 aromatic heterocycles. The Labute approximate surface area is 163 Å². The van der Waals surface area contributed by atoms with Gasteiger partial charge in [-0.2, -0.15) is 9.61 Å². The molecule has 4 rings (SSSR count). The number of aromatic amines is 1. The van der Waals surface area contributed by atoms with E-state index < -0.39 is 11.5 Å². The van der Waals surface area contributed by atoms with Crippen LogP contribution in [0, 0.1) is 5.82 Å². The first-order valence-electron chi connectivity index (χ1n) is 8.89. The lowest BCUT2D eigenvalue weighted by Gasteiger charge is -2.21. The number of nitrogens with zero attached hydrogens (tertiary/aromatic N) is 3. The van der Waals surface area contributed by atoms with Gasteiger partial charge >= 0.3 is 5.69 Å². The Morgan fingerprint density at radius 1 is 1.36 bits per heavy atom. The molecule has 0 spiro atoms. The first kappa shape index (κ1) is 18.8. The molecule has 1 aliphatic heterocycles. The highest BCUT2D eigenvalue weighted by Crippen LogP contribution is 2.36. The van der Waals surface area contributed by atoms with Crippen molar-refractivity contribution in [3.8, 4) is 11.1 Å². The van der Waals surface area contributed by atoms with Crippen LogP contribution < -0.4 is 5.69 Å². The Morgan fingerprint density at radius 2 is 2.14 bits per heavy atom. The Kier molecular flexibility index (Phi) is 5.27. The number of fused-ring (bicyclic) bond motifs is 1. The summed E-state index contributed by atoms with van der Waals surface area (Å²) >= 11 is 1.04. The first-order valence-corrected chi connectivity index (χ1v) is 9.88. The van der Waals surface area contributed by atoms with Crippen LogP contribution >= 0.6 is 11.8 Å². The highest BCUT2D eigenvalue weighted by molar-refractivity contribution is 7.99. The van der Waals surface area contributed by atoms with Gasteiger partial charge in [-0.15, -0.1) is 0 Å². The Balaban J connectivity index is 1.90. The number of hydrogen-bond acceptors (Lipinski definition) is 5. The molecule has 0 radical (unpaired) electrons. The average molecular weight is 404 g/mol. The van der Waals surface area contributed by atoms with Crippen molar-refractivity contribution in [3.05, 3.63) is 58.7 Å². The number of benzene rings is 1. The van der Waals surface area contributed by atoms with E-state index in [2.05, 4.69) is 21.6 Å². The van der Waals surface area contributed by atoms with Gasteiger partial charge in [0.05, 0.1) is 11.3 Å². The van der Waals surface area contributed by atoms with Crippen molar-refractivity contribution < 1.29 is 13.5 Å². The SMILES string of the molecule is C=C(F)CSc1nc2c(-c3ccc(F)cc3)c(C3CCCCO3)nn2c(=O)[nH]1. The fourth-order valence-corrected chi connectivity index (χ4v) is 3.83. The molecular formula is C19H18F2N4O2S. The van der Waals surface area contributed by atoms with Gasteiger partial charge in [-0.3, -0.25) is 4.98 Å². The Bertz CT molecular complexity index is 1070. The van der Waals surface area contributed by atoms with Crippen molar-refractivity contribution in [3.63, 3.8) is 0 Å². The third-order valence-corrected chi connectivity index (χ3v) is 5.41. The Morgan fingerprint density at radius 3 is 2.82 bits per heavy atom. The summed E-state index contributed by atoms with van der Waals surface area (Å²) in [5.41, 5.74) is 1.75. The van der Waals surface area contributed by atoms with Crippen molar-refractivity contribution in [2.45, 2.75) is 30.5 Å². The van der Waals surface area contributed by atoms with Gasteiger partial charge in [0.15, 0.2) is 10.8 Å². The van der Waals surface area contributed by atoms with E-state index in [9.17, 15) is 13.6 Å². The average Bonchev–Trinajstić information content (AvgIpc) is 3.08. The summed E-state index contributed by atoms with van der Waals surface area (Å²) < 4.78 is 33.5. The molecule has 1 unspecified atom stereocenters. The number of halogens is 2. The number of aromatic nitrogens is 4. The van der Waals surface area contributed by atoms with Crippen molar-refractivity contribution in [1.82, 2.24) is 19.6 Å².